The number of nitrogens with zero attached hydrogens (tertiary/aromatic N) is 2. The Hall–Kier alpha value is -2.03. The molecule has 92 valence electrons. The molecule has 3 rings (SSSR count). The van der Waals surface area contributed by atoms with Crippen LogP contribution in [-0.4, -0.2) is 21.9 Å². The van der Waals surface area contributed by atoms with Crippen LogP contribution in [0.5, 0.6) is 0 Å². The molecule has 0 aliphatic carbocycles. The Morgan fingerprint density at radius 3 is 2.61 bits per heavy atom. The molecule has 1 aromatic heterocycles. The third-order valence-electron chi connectivity index (χ3n) is 3.56. The molecule has 3 nitrogen and oxygen atoms in total. The van der Waals surface area contributed by atoms with Crippen LogP contribution in [0.1, 0.15) is 24.2 Å². The van der Waals surface area contributed by atoms with Gasteiger partial charge in [-0.3, -0.25) is 4.79 Å². The lowest BCUT2D eigenvalue weighted by atomic mass is 10.00. The average Bonchev–Trinajstić information content (AvgIpc) is 2.86. The van der Waals surface area contributed by atoms with Crippen LogP contribution < -0.4 is 0 Å². The molecular weight excluding hydrogens is 224 g/mol. The van der Waals surface area contributed by atoms with Crippen molar-refractivity contribution in [2.45, 2.75) is 19.5 Å². The lowest BCUT2D eigenvalue weighted by Gasteiger charge is -2.36. The van der Waals surface area contributed by atoms with Crippen LogP contribution in [0, 0.1) is 0 Å². The van der Waals surface area contributed by atoms with E-state index in [4.69, 9.17) is 0 Å². The third kappa shape index (κ3) is 1.72. The third-order valence-corrected chi connectivity index (χ3v) is 3.56. The highest BCUT2D eigenvalue weighted by atomic mass is 16.2. The van der Waals surface area contributed by atoms with Crippen LogP contribution in [0.4, 0.5) is 0 Å². The van der Waals surface area contributed by atoms with Gasteiger partial charge in [-0.25, -0.2) is 0 Å². The molecule has 1 atom stereocenters. The van der Waals surface area contributed by atoms with E-state index in [9.17, 15) is 4.79 Å². The average molecular weight is 240 g/mol. The number of benzene rings is 1. The van der Waals surface area contributed by atoms with Gasteiger partial charge in [0, 0.05) is 31.9 Å². The van der Waals surface area contributed by atoms with Crippen molar-refractivity contribution in [1.29, 1.82) is 0 Å². The molecule has 1 unspecified atom stereocenters. The normalized spacial score (nSPS) is 18.5. The van der Waals surface area contributed by atoms with Crippen molar-refractivity contribution in [3.05, 3.63) is 59.9 Å². The van der Waals surface area contributed by atoms with Gasteiger partial charge in [0.05, 0.1) is 6.04 Å². The SMILES string of the molecule is CC(=O)N1CCn2cccc2C1c1ccccc1. The number of hydrogen-bond acceptors (Lipinski definition) is 1. The smallest absolute Gasteiger partial charge is 0.220 e. The number of fused-ring (bicyclic) bond motifs is 1. The van der Waals surface area contributed by atoms with Gasteiger partial charge in [-0.2, -0.15) is 0 Å². The first kappa shape index (κ1) is 11.1. The van der Waals surface area contributed by atoms with Crippen molar-refractivity contribution in [3.63, 3.8) is 0 Å². The number of carbonyl (C=O) groups excluding carboxylic acids is 1. The maximum absolute atomic E-state index is 11.8. The fourth-order valence-corrected chi connectivity index (χ4v) is 2.71. The van der Waals surface area contributed by atoms with Gasteiger partial charge in [-0.05, 0) is 17.7 Å². The van der Waals surface area contributed by atoms with E-state index in [-0.39, 0.29) is 11.9 Å². The fraction of sp³-hybridized carbons (Fsp3) is 0.267. The minimum Gasteiger partial charge on any atom is -0.348 e. The molecular formula is C15H16N2O. The molecule has 0 bridgehead atoms. The summed E-state index contributed by atoms with van der Waals surface area (Å²) < 4.78 is 2.23. The highest BCUT2D eigenvalue weighted by Crippen LogP contribution is 2.32. The van der Waals surface area contributed by atoms with E-state index in [1.807, 2.05) is 23.1 Å². The minimum absolute atomic E-state index is 0.0486. The van der Waals surface area contributed by atoms with E-state index in [0.717, 1.165) is 13.1 Å². The molecule has 1 aliphatic rings. The molecule has 0 saturated heterocycles. The van der Waals surface area contributed by atoms with Crippen LogP contribution >= 0.6 is 0 Å². The van der Waals surface area contributed by atoms with Gasteiger partial charge in [0.1, 0.15) is 0 Å². The summed E-state index contributed by atoms with van der Waals surface area (Å²) in [7, 11) is 0. The summed E-state index contributed by atoms with van der Waals surface area (Å²) in [5.41, 5.74) is 2.37. The van der Waals surface area contributed by atoms with Crippen LogP contribution in [0.25, 0.3) is 0 Å². The van der Waals surface area contributed by atoms with Crippen molar-refractivity contribution in [2.24, 2.45) is 0 Å². The van der Waals surface area contributed by atoms with Crippen molar-refractivity contribution >= 4 is 5.91 Å². The van der Waals surface area contributed by atoms with Crippen LogP contribution in [0.3, 0.4) is 0 Å². The quantitative estimate of drug-likeness (QED) is 0.751. The molecule has 3 heteroatoms. The number of aromatic nitrogens is 1. The van der Waals surface area contributed by atoms with Crippen molar-refractivity contribution in [1.82, 2.24) is 9.47 Å². The first-order valence-electron chi connectivity index (χ1n) is 6.24. The predicted molar refractivity (Wildman–Crippen MR) is 70.1 cm³/mol. The van der Waals surface area contributed by atoms with E-state index in [0.29, 0.717) is 0 Å². The Kier molecular flexibility index (Phi) is 2.67. The highest BCUT2D eigenvalue weighted by molar-refractivity contribution is 5.74. The van der Waals surface area contributed by atoms with Crippen LogP contribution in [-0.2, 0) is 11.3 Å². The first-order chi connectivity index (χ1) is 8.77. The van der Waals surface area contributed by atoms with E-state index in [2.05, 4.69) is 35.0 Å². The van der Waals surface area contributed by atoms with E-state index < -0.39 is 0 Å². The number of hydrogen-bond donors (Lipinski definition) is 0. The van der Waals surface area contributed by atoms with E-state index >= 15 is 0 Å². The van der Waals surface area contributed by atoms with Gasteiger partial charge >= 0.3 is 0 Å². The fourth-order valence-electron chi connectivity index (χ4n) is 2.71. The second-order valence-electron chi connectivity index (χ2n) is 4.65. The highest BCUT2D eigenvalue weighted by Gasteiger charge is 2.29. The summed E-state index contributed by atoms with van der Waals surface area (Å²) in [6.07, 6.45) is 2.09. The number of rotatable bonds is 1. The molecule has 1 aromatic carbocycles. The first-order valence-corrected chi connectivity index (χ1v) is 6.24. The summed E-state index contributed by atoms with van der Waals surface area (Å²) >= 11 is 0. The molecule has 18 heavy (non-hydrogen) atoms. The van der Waals surface area contributed by atoms with Crippen molar-refractivity contribution in [2.75, 3.05) is 6.54 Å². The monoisotopic (exact) mass is 240 g/mol. The second kappa shape index (κ2) is 4.33. The Balaban J connectivity index is 2.10. The maximum Gasteiger partial charge on any atom is 0.220 e. The van der Waals surface area contributed by atoms with E-state index in [1.165, 1.54) is 11.3 Å². The van der Waals surface area contributed by atoms with Crippen molar-refractivity contribution < 1.29 is 4.79 Å². The molecule has 2 heterocycles. The molecule has 2 aromatic rings. The zero-order chi connectivity index (χ0) is 12.5. The second-order valence-corrected chi connectivity index (χ2v) is 4.65. The summed E-state index contributed by atoms with van der Waals surface area (Å²) in [6.45, 7) is 3.30. The largest absolute Gasteiger partial charge is 0.348 e. The summed E-state index contributed by atoms with van der Waals surface area (Å²) in [6, 6.07) is 14.4. The van der Waals surface area contributed by atoms with Crippen molar-refractivity contribution in [3.8, 4) is 0 Å². The molecule has 0 radical (unpaired) electrons. The lowest BCUT2D eigenvalue weighted by molar-refractivity contribution is -0.131. The van der Waals surface area contributed by atoms with Gasteiger partial charge in [0.15, 0.2) is 0 Å². The molecule has 1 aliphatic heterocycles. The van der Waals surface area contributed by atoms with Gasteiger partial charge in [0.25, 0.3) is 0 Å². The number of carbonyl (C=O) groups is 1. The zero-order valence-corrected chi connectivity index (χ0v) is 10.4. The summed E-state index contributed by atoms with van der Waals surface area (Å²) in [5, 5.41) is 0. The molecule has 1 amide bonds. The molecule has 0 saturated carbocycles. The number of amides is 1. The van der Waals surface area contributed by atoms with Gasteiger partial charge in [-0.1, -0.05) is 30.3 Å². The Labute approximate surface area is 107 Å². The Bertz CT molecular complexity index is 559. The van der Waals surface area contributed by atoms with Gasteiger partial charge in [-0.15, -0.1) is 0 Å². The molecule has 0 fully saturated rings. The molecule has 0 N–H and O–H groups in total. The predicted octanol–water partition coefficient (Wildman–Crippen LogP) is 2.44. The Morgan fingerprint density at radius 2 is 1.89 bits per heavy atom. The van der Waals surface area contributed by atoms with Gasteiger partial charge in [0.2, 0.25) is 5.91 Å². The standard InChI is InChI=1S/C15H16N2O/c1-12(18)17-11-10-16-9-5-8-14(16)15(17)13-6-3-2-4-7-13/h2-9,15H,10-11H2,1H3. The molecule has 0 spiro atoms. The summed E-state index contributed by atoms with van der Waals surface area (Å²) in [5.74, 6) is 0.135. The summed E-state index contributed by atoms with van der Waals surface area (Å²) in [4.78, 5) is 13.8. The van der Waals surface area contributed by atoms with Crippen LogP contribution in [0.2, 0.25) is 0 Å². The zero-order valence-electron chi connectivity index (χ0n) is 10.4. The van der Waals surface area contributed by atoms with Gasteiger partial charge < -0.3 is 9.47 Å². The maximum atomic E-state index is 11.8. The lowest BCUT2D eigenvalue weighted by Crippen LogP contribution is -2.41. The van der Waals surface area contributed by atoms with E-state index in [1.54, 1.807) is 6.92 Å². The van der Waals surface area contributed by atoms with Crippen LogP contribution in [0.15, 0.2) is 48.7 Å². The Morgan fingerprint density at radius 1 is 1.11 bits per heavy atom. The minimum atomic E-state index is 0.0486. The topological polar surface area (TPSA) is 25.2 Å².